The number of benzene rings is 2. The van der Waals surface area contributed by atoms with E-state index in [0.29, 0.717) is 34.2 Å². The van der Waals surface area contributed by atoms with E-state index in [9.17, 15) is 4.39 Å². The Morgan fingerprint density at radius 1 is 1.10 bits per heavy atom. The van der Waals surface area contributed by atoms with Gasteiger partial charge in [0.05, 0.1) is 4.47 Å². The molecule has 2 aromatic carbocycles. The minimum absolute atomic E-state index is 0.316. The molecule has 0 aliphatic heterocycles. The van der Waals surface area contributed by atoms with Gasteiger partial charge < -0.3 is 15.2 Å². The molecule has 0 amide bonds. The molecule has 0 fully saturated rings. The second kappa shape index (κ2) is 7.38. The fourth-order valence-corrected chi connectivity index (χ4v) is 2.22. The summed E-state index contributed by atoms with van der Waals surface area (Å²) in [5, 5.41) is 0. The number of ether oxygens (including phenoxy) is 2. The molecule has 0 saturated carbocycles. The van der Waals surface area contributed by atoms with Gasteiger partial charge in [-0.2, -0.15) is 0 Å². The van der Waals surface area contributed by atoms with Crippen LogP contribution in [0.15, 0.2) is 46.9 Å². The molecule has 0 aliphatic carbocycles. The molecule has 0 aromatic heterocycles. The van der Waals surface area contributed by atoms with Crippen LogP contribution in [0.2, 0.25) is 0 Å². The SMILES string of the molecule is NC(=S)c1ccc(OCCOc2ccc(F)cc2Br)cc1. The summed E-state index contributed by atoms with van der Waals surface area (Å²) < 4.78 is 24.5. The third-order valence-electron chi connectivity index (χ3n) is 2.64. The van der Waals surface area contributed by atoms with Gasteiger partial charge in [-0.25, -0.2) is 4.39 Å². The highest BCUT2D eigenvalue weighted by Crippen LogP contribution is 2.25. The molecule has 2 N–H and O–H groups in total. The summed E-state index contributed by atoms with van der Waals surface area (Å²) in [5.41, 5.74) is 6.31. The quantitative estimate of drug-likeness (QED) is 0.623. The first-order chi connectivity index (χ1) is 10.1. The van der Waals surface area contributed by atoms with Gasteiger partial charge in [-0.05, 0) is 58.4 Å². The maximum atomic E-state index is 12.9. The molecule has 2 aromatic rings. The van der Waals surface area contributed by atoms with Gasteiger partial charge in [0.25, 0.3) is 0 Å². The Balaban J connectivity index is 1.80. The lowest BCUT2D eigenvalue weighted by molar-refractivity contribution is 0.216. The second-order valence-corrected chi connectivity index (χ2v) is 5.45. The molecule has 3 nitrogen and oxygen atoms in total. The molecule has 0 aliphatic rings. The van der Waals surface area contributed by atoms with Gasteiger partial charge in [0.1, 0.15) is 35.5 Å². The highest BCUT2D eigenvalue weighted by Gasteiger charge is 2.03. The largest absolute Gasteiger partial charge is 0.490 e. The molecule has 0 bridgehead atoms. The summed E-state index contributed by atoms with van der Waals surface area (Å²) in [5.74, 6) is 0.962. The molecule has 0 spiro atoms. The fourth-order valence-electron chi connectivity index (χ4n) is 1.62. The van der Waals surface area contributed by atoms with Crippen LogP contribution in [0.1, 0.15) is 5.56 Å². The Kier molecular flexibility index (Phi) is 5.52. The van der Waals surface area contributed by atoms with Gasteiger partial charge in [-0.1, -0.05) is 12.2 Å². The lowest BCUT2D eigenvalue weighted by Gasteiger charge is -2.10. The van der Waals surface area contributed by atoms with E-state index in [0.717, 1.165) is 5.56 Å². The Morgan fingerprint density at radius 3 is 2.38 bits per heavy atom. The summed E-state index contributed by atoms with van der Waals surface area (Å²) in [6.45, 7) is 0.720. The number of hydrogen-bond acceptors (Lipinski definition) is 3. The van der Waals surface area contributed by atoms with Crippen LogP contribution in [0.25, 0.3) is 0 Å². The van der Waals surface area contributed by atoms with Crippen molar-refractivity contribution in [3.05, 3.63) is 58.3 Å². The second-order valence-electron chi connectivity index (χ2n) is 4.16. The molecule has 2 rings (SSSR count). The number of halogens is 2. The lowest BCUT2D eigenvalue weighted by atomic mass is 10.2. The van der Waals surface area contributed by atoms with Gasteiger partial charge in [0, 0.05) is 5.56 Å². The maximum Gasteiger partial charge on any atom is 0.133 e. The number of nitrogens with two attached hydrogens (primary N) is 1. The minimum Gasteiger partial charge on any atom is -0.490 e. The zero-order valence-corrected chi connectivity index (χ0v) is 13.4. The van der Waals surface area contributed by atoms with Gasteiger partial charge in [0.15, 0.2) is 0 Å². The highest BCUT2D eigenvalue weighted by atomic mass is 79.9. The van der Waals surface area contributed by atoms with Gasteiger partial charge >= 0.3 is 0 Å². The van der Waals surface area contributed by atoms with Gasteiger partial charge in [0.2, 0.25) is 0 Å². The molecule has 0 unspecified atom stereocenters. The van der Waals surface area contributed by atoms with Crippen molar-refractivity contribution in [1.29, 1.82) is 0 Å². The van der Waals surface area contributed by atoms with Crippen LogP contribution in [-0.2, 0) is 0 Å². The minimum atomic E-state index is -0.316. The molecular weight excluding hydrogens is 357 g/mol. The Bertz CT molecular complexity index is 634. The molecule has 0 saturated heterocycles. The van der Waals surface area contributed by atoms with Crippen LogP contribution in [0, 0.1) is 5.82 Å². The highest BCUT2D eigenvalue weighted by molar-refractivity contribution is 9.10. The van der Waals surface area contributed by atoms with Crippen LogP contribution >= 0.6 is 28.1 Å². The van der Waals surface area contributed by atoms with Crippen molar-refractivity contribution in [3.63, 3.8) is 0 Å². The van der Waals surface area contributed by atoms with E-state index in [-0.39, 0.29) is 5.82 Å². The average molecular weight is 370 g/mol. The molecule has 6 heteroatoms. The van der Waals surface area contributed by atoms with Crippen molar-refractivity contribution >= 4 is 33.1 Å². The Labute approximate surface area is 136 Å². The van der Waals surface area contributed by atoms with Crippen LogP contribution in [0.3, 0.4) is 0 Å². The molecule has 0 atom stereocenters. The lowest BCUT2D eigenvalue weighted by Crippen LogP contribution is -2.10. The van der Waals surface area contributed by atoms with Gasteiger partial charge in [-0.15, -0.1) is 0 Å². The third-order valence-corrected chi connectivity index (χ3v) is 3.50. The van der Waals surface area contributed by atoms with Crippen LogP contribution in [0.4, 0.5) is 4.39 Å². The molecule has 0 radical (unpaired) electrons. The zero-order chi connectivity index (χ0) is 15.2. The van der Waals surface area contributed by atoms with Gasteiger partial charge in [-0.3, -0.25) is 0 Å². The zero-order valence-electron chi connectivity index (χ0n) is 11.0. The topological polar surface area (TPSA) is 44.5 Å². The summed E-state index contributed by atoms with van der Waals surface area (Å²) in [6, 6.07) is 11.4. The predicted octanol–water partition coefficient (Wildman–Crippen LogP) is 3.68. The molecule has 0 heterocycles. The van der Waals surface area contributed by atoms with Crippen molar-refractivity contribution in [2.45, 2.75) is 0 Å². The number of thiocarbonyl (C=S) groups is 1. The third kappa shape index (κ3) is 4.68. The van der Waals surface area contributed by atoms with E-state index in [1.165, 1.54) is 12.1 Å². The van der Waals surface area contributed by atoms with E-state index >= 15 is 0 Å². The summed E-state index contributed by atoms with van der Waals surface area (Å²) in [7, 11) is 0. The Morgan fingerprint density at radius 2 is 1.76 bits per heavy atom. The first-order valence-corrected chi connectivity index (χ1v) is 7.37. The standard InChI is InChI=1S/C15H13BrFNO2S/c16-13-9-11(17)3-6-14(13)20-8-7-19-12-4-1-10(2-5-12)15(18)21/h1-6,9H,7-8H2,(H2,18,21). The summed E-state index contributed by atoms with van der Waals surface area (Å²) in [4.78, 5) is 0.353. The number of rotatable bonds is 6. The van der Waals surface area contributed by atoms with E-state index in [4.69, 9.17) is 27.4 Å². The smallest absolute Gasteiger partial charge is 0.133 e. The summed E-state index contributed by atoms with van der Waals surface area (Å²) >= 11 is 8.11. The van der Waals surface area contributed by atoms with E-state index in [2.05, 4.69) is 15.9 Å². The van der Waals surface area contributed by atoms with Crippen molar-refractivity contribution in [2.75, 3.05) is 13.2 Å². The van der Waals surface area contributed by atoms with Crippen LogP contribution in [0.5, 0.6) is 11.5 Å². The normalized spacial score (nSPS) is 10.2. The van der Waals surface area contributed by atoms with E-state index in [1.54, 1.807) is 30.3 Å². The molecular formula is C15H13BrFNO2S. The monoisotopic (exact) mass is 369 g/mol. The molecule has 21 heavy (non-hydrogen) atoms. The maximum absolute atomic E-state index is 12.9. The van der Waals surface area contributed by atoms with Crippen molar-refractivity contribution < 1.29 is 13.9 Å². The number of hydrogen-bond donors (Lipinski definition) is 1. The first kappa shape index (κ1) is 15.7. The van der Waals surface area contributed by atoms with E-state index < -0.39 is 0 Å². The van der Waals surface area contributed by atoms with Crippen LogP contribution < -0.4 is 15.2 Å². The van der Waals surface area contributed by atoms with E-state index in [1.807, 2.05) is 0 Å². The Hall–Kier alpha value is -1.66. The summed E-state index contributed by atoms with van der Waals surface area (Å²) in [6.07, 6.45) is 0. The van der Waals surface area contributed by atoms with Crippen LogP contribution in [-0.4, -0.2) is 18.2 Å². The fraction of sp³-hybridized carbons (Fsp3) is 0.133. The van der Waals surface area contributed by atoms with Crippen molar-refractivity contribution in [1.82, 2.24) is 0 Å². The van der Waals surface area contributed by atoms with Crippen molar-refractivity contribution in [3.8, 4) is 11.5 Å². The first-order valence-electron chi connectivity index (χ1n) is 6.17. The average Bonchev–Trinajstić information content (AvgIpc) is 2.46. The predicted molar refractivity (Wildman–Crippen MR) is 87.4 cm³/mol. The van der Waals surface area contributed by atoms with Crippen molar-refractivity contribution in [2.24, 2.45) is 5.73 Å². The molecule has 110 valence electrons.